The molecule has 1 saturated carbocycles. The van der Waals surface area contributed by atoms with Gasteiger partial charge in [0, 0.05) is 17.9 Å². The van der Waals surface area contributed by atoms with Crippen LogP contribution in [0.25, 0.3) is 5.57 Å². The molecule has 0 radical (unpaired) electrons. The van der Waals surface area contributed by atoms with Crippen molar-refractivity contribution in [2.75, 3.05) is 12.0 Å². The zero-order chi connectivity index (χ0) is 19.4. The highest BCUT2D eigenvalue weighted by atomic mass is 16.5. The van der Waals surface area contributed by atoms with Gasteiger partial charge >= 0.3 is 0 Å². The first-order valence-corrected chi connectivity index (χ1v) is 9.58. The third kappa shape index (κ3) is 2.24. The zero-order valence-corrected chi connectivity index (χ0v) is 15.8. The predicted octanol–water partition coefficient (Wildman–Crippen LogP) is 4.09. The van der Waals surface area contributed by atoms with E-state index in [2.05, 4.69) is 31.2 Å². The summed E-state index contributed by atoms with van der Waals surface area (Å²) in [4.78, 5) is 28.0. The molecule has 4 heteroatoms. The highest BCUT2D eigenvalue weighted by molar-refractivity contribution is 6.23. The molecule has 2 bridgehead atoms. The van der Waals surface area contributed by atoms with Gasteiger partial charge in [0.2, 0.25) is 11.8 Å². The van der Waals surface area contributed by atoms with Crippen molar-refractivity contribution in [1.82, 2.24) is 0 Å². The summed E-state index contributed by atoms with van der Waals surface area (Å²) >= 11 is 0. The number of ether oxygens (including phenoxy) is 1. The lowest BCUT2D eigenvalue weighted by atomic mass is 9.85. The smallest absolute Gasteiger partial charge is 0.238 e. The summed E-state index contributed by atoms with van der Waals surface area (Å²) in [6.07, 6.45) is 4.24. The Bertz CT molecular complexity index is 1000. The first-order valence-electron chi connectivity index (χ1n) is 9.58. The van der Waals surface area contributed by atoms with Gasteiger partial charge in [-0.05, 0) is 30.2 Å². The highest BCUT2D eigenvalue weighted by Crippen LogP contribution is 2.58. The van der Waals surface area contributed by atoms with Crippen LogP contribution in [-0.2, 0) is 9.59 Å². The van der Waals surface area contributed by atoms with Crippen LogP contribution >= 0.6 is 0 Å². The van der Waals surface area contributed by atoms with Crippen molar-refractivity contribution < 1.29 is 14.3 Å². The highest BCUT2D eigenvalue weighted by Gasteiger charge is 2.62. The summed E-state index contributed by atoms with van der Waals surface area (Å²) in [5.41, 5.74) is 4.16. The third-order valence-electron chi connectivity index (χ3n) is 6.37. The molecule has 4 nitrogen and oxygen atoms in total. The number of allylic oxidation sites excluding steroid dienone is 4. The van der Waals surface area contributed by atoms with Gasteiger partial charge in [0.15, 0.2) is 0 Å². The SMILES string of the molecule is COc1cccc(N2C(=O)[C@@H]3[C@H](C2=O)[C@H]2C=C[C@H]3C2=C(C)c2ccccc2)c1. The summed E-state index contributed by atoms with van der Waals surface area (Å²) in [6, 6.07) is 17.4. The van der Waals surface area contributed by atoms with Crippen molar-refractivity contribution in [1.29, 1.82) is 0 Å². The molecule has 0 spiro atoms. The molecule has 28 heavy (non-hydrogen) atoms. The second-order valence-electron chi connectivity index (χ2n) is 7.65. The fourth-order valence-electron chi connectivity index (χ4n) is 5.12. The minimum atomic E-state index is -0.303. The normalized spacial score (nSPS) is 29.4. The van der Waals surface area contributed by atoms with E-state index in [0.29, 0.717) is 11.4 Å². The van der Waals surface area contributed by atoms with Crippen LogP contribution in [0.5, 0.6) is 5.75 Å². The minimum absolute atomic E-state index is 0.00210. The van der Waals surface area contributed by atoms with Crippen LogP contribution < -0.4 is 9.64 Å². The Morgan fingerprint density at radius 3 is 2.14 bits per heavy atom. The number of carbonyl (C=O) groups excluding carboxylic acids is 2. The molecule has 2 fully saturated rings. The lowest BCUT2D eigenvalue weighted by Gasteiger charge is -2.20. The van der Waals surface area contributed by atoms with Crippen molar-refractivity contribution in [3.05, 3.63) is 77.9 Å². The van der Waals surface area contributed by atoms with E-state index >= 15 is 0 Å². The van der Waals surface area contributed by atoms with Crippen molar-refractivity contribution >= 4 is 23.1 Å². The van der Waals surface area contributed by atoms with E-state index in [1.165, 1.54) is 16.0 Å². The van der Waals surface area contributed by atoms with Gasteiger partial charge in [0.1, 0.15) is 5.75 Å². The van der Waals surface area contributed by atoms with E-state index < -0.39 is 0 Å². The molecule has 0 N–H and O–H groups in total. The number of benzene rings is 2. The maximum atomic E-state index is 13.3. The maximum Gasteiger partial charge on any atom is 0.238 e. The number of methoxy groups -OCH3 is 1. The number of carbonyl (C=O) groups is 2. The van der Waals surface area contributed by atoms with Gasteiger partial charge in [-0.3, -0.25) is 9.59 Å². The van der Waals surface area contributed by atoms with Crippen LogP contribution in [-0.4, -0.2) is 18.9 Å². The number of imide groups is 1. The van der Waals surface area contributed by atoms with E-state index in [1.54, 1.807) is 25.3 Å². The van der Waals surface area contributed by atoms with Gasteiger partial charge in [-0.15, -0.1) is 0 Å². The second kappa shape index (κ2) is 6.20. The summed E-state index contributed by atoms with van der Waals surface area (Å²) in [7, 11) is 1.58. The Morgan fingerprint density at radius 1 is 0.893 bits per heavy atom. The Labute approximate surface area is 164 Å². The molecule has 2 aromatic rings. The molecule has 0 aromatic heterocycles. The standard InChI is InChI=1S/C24H21NO3/c1-14(15-7-4-3-5-8-15)20-18-11-12-19(20)22-21(18)23(26)25(24(22)27)16-9-6-10-17(13-16)28-2/h3-13,18-19,21-22H,1-2H3/t18-,19-,21-,22+/m0/s1. The molecule has 1 aliphatic heterocycles. The molecule has 1 heterocycles. The van der Waals surface area contributed by atoms with Gasteiger partial charge < -0.3 is 4.74 Å². The summed E-state index contributed by atoms with van der Waals surface area (Å²) in [5, 5.41) is 0. The second-order valence-corrected chi connectivity index (χ2v) is 7.65. The molecule has 2 aromatic carbocycles. The number of hydrogen-bond acceptors (Lipinski definition) is 3. The van der Waals surface area contributed by atoms with E-state index in [0.717, 1.165) is 5.56 Å². The largest absolute Gasteiger partial charge is 0.497 e. The van der Waals surface area contributed by atoms with Crippen molar-refractivity contribution in [2.45, 2.75) is 6.92 Å². The first kappa shape index (κ1) is 17.0. The van der Waals surface area contributed by atoms with Gasteiger partial charge in [-0.25, -0.2) is 4.90 Å². The van der Waals surface area contributed by atoms with Crippen LogP contribution in [0.3, 0.4) is 0 Å². The average molecular weight is 371 g/mol. The third-order valence-corrected chi connectivity index (χ3v) is 6.37. The molecule has 3 aliphatic rings. The number of nitrogens with zero attached hydrogens (tertiary/aromatic N) is 1. The lowest BCUT2D eigenvalue weighted by Crippen LogP contribution is -2.33. The molecular formula is C24H21NO3. The predicted molar refractivity (Wildman–Crippen MR) is 108 cm³/mol. The van der Waals surface area contributed by atoms with Crippen molar-refractivity contribution in [3.8, 4) is 5.75 Å². The fraction of sp³-hybridized carbons (Fsp3) is 0.250. The Kier molecular flexibility index (Phi) is 3.76. The van der Waals surface area contributed by atoms with E-state index in [4.69, 9.17) is 4.74 Å². The van der Waals surface area contributed by atoms with E-state index in [1.807, 2.05) is 24.3 Å². The van der Waals surface area contributed by atoms with Gasteiger partial charge in [0.25, 0.3) is 0 Å². The van der Waals surface area contributed by atoms with Crippen LogP contribution in [0.1, 0.15) is 12.5 Å². The fourth-order valence-corrected chi connectivity index (χ4v) is 5.12. The topological polar surface area (TPSA) is 46.6 Å². The average Bonchev–Trinajstić information content (AvgIpc) is 3.37. The van der Waals surface area contributed by atoms with Crippen LogP contribution in [0.2, 0.25) is 0 Å². The summed E-state index contributed by atoms with van der Waals surface area (Å²) in [5.74, 6) is -0.164. The molecule has 0 unspecified atom stereocenters. The maximum absolute atomic E-state index is 13.3. The number of hydrogen-bond donors (Lipinski definition) is 0. The van der Waals surface area contributed by atoms with Crippen LogP contribution in [0.4, 0.5) is 5.69 Å². The Morgan fingerprint density at radius 2 is 1.54 bits per heavy atom. The number of amides is 2. The van der Waals surface area contributed by atoms with Crippen molar-refractivity contribution in [3.63, 3.8) is 0 Å². The van der Waals surface area contributed by atoms with Crippen LogP contribution in [0, 0.1) is 23.7 Å². The van der Waals surface area contributed by atoms with Gasteiger partial charge in [-0.2, -0.15) is 0 Å². The number of rotatable bonds is 3. The molecule has 5 rings (SSSR count). The number of fused-ring (bicyclic) bond motifs is 5. The van der Waals surface area contributed by atoms with Crippen molar-refractivity contribution in [2.24, 2.45) is 23.7 Å². The first-order chi connectivity index (χ1) is 13.6. The zero-order valence-electron chi connectivity index (χ0n) is 15.8. The quantitative estimate of drug-likeness (QED) is 0.603. The Balaban J connectivity index is 1.54. The van der Waals surface area contributed by atoms with E-state index in [-0.39, 0.29) is 35.5 Å². The van der Waals surface area contributed by atoms with Gasteiger partial charge in [-0.1, -0.05) is 54.1 Å². The minimum Gasteiger partial charge on any atom is -0.497 e. The Hall–Kier alpha value is -3.14. The summed E-state index contributed by atoms with van der Waals surface area (Å²) in [6.45, 7) is 2.10. The monoisotopic (exact) mass is 371 g/mol. The number of anilines is 1. The van der Waals surface area contributed by atoms with E-state index in [9.17, 15) is 9.59 Å². The molecule has 1 saturated heterocycles. The lowest BCUT2D eigenvalue weighted by molar-refractivity contribution is -0.122. The molecule has 2 aliphatic carbocycles. The molecular weight excluding hydrogens is 350 g/mol. The van der Waals surface area contributed by atoms with Crippen LogP contribution in [0.15, 0.2) is 72.3 Å². The summed E-state index contributed by atoms with van der Waals surface area (Å²) < 4.78 is 5.26. The molecule has 2 amide bonds. The van der Waals surface area contributed by atoms with Gasteiger partial charge in [0.05, 0.1) is 24.6 Å². The molecule has 4 atom stereocenters. The molecule has 140 valence electrons.